The SMILES string of the molecule is O=P(O)(O)O.[K+].[K+].[O-2]. The van der Waals surface area contributed by atoms with Crippen LogP contribution in [0.25, 0.3) is 0 Å². The van der Waals surface area contributed by atoms with Gasteiger partial charge in [0.05, 0.1) is 0 Å². The fraction of sp³-hybridized carbons (Fsp3) is 0. The zero-order chi connectivity index (χ0) is 4.50. The second-order valence-electron chi connectivity index (χ2n) is 0.513. The quantitative estimate of drug-likeness (QED) is 0.262. The number of hydrogen-bond donors (Lipinski definition) is 3. The van der Waals surface area contributed by atoms with E-state index in [1.165, 1.54) is 0 Å². The van der Waals surface area contributed by atoms with E-state index in [1.807, 2.05) is 0 Å². The summed E-state index contributed by atoms with van der Waals surface area (Å²) in [6.07, 6.45) is 0. The van der Waals surface area contributed by atoms with Crippen LogP contribution in [0.5, 0.6) is 0 Å². The molecule has 0 aliphatic rings. The Bertz CT molecular complexity index is 56.6. The largest absolute Gasteiger partial charge is 2.00 e. The molecule has 5 nitrogen and oxygen atoms in total. The van der Waals surface area contributed by atoms with Crippen LogP contribution in [0.2, 0.25) is 0 Å². The van der Waals surface area contributed by atoms with Gasteiger partial charge in [0.1, 0.15) is 0 Å². The molecule has 8 heteroatoms. The van der Waals surface area contributed by atoms with Crippen LogP contribution in [0.15, 0.2) is 0 Å². The van der Waals surface area contributed by atoms with Crippen LogP contribution < -0.4 is 103 Å². The summed E-state index contributed by atoms with van der Waals surface area (Å²) in [5.41, 5.74) is 0. The van der Waals surface area contributed by atoms with Crippen molar-refractivity contribution in [3.63, 3.8) is 0 Å². The third-order valence-electron chi connectivity index (χ3n) is 0. The second-order valence-corrected chi connectivity index (χ2v) is 1.54. The molecule has 0 radical (unpaired) electrons. The minimum absolute atomic E-state index is 0. The fourth-order valence-electron chi connectivity index (χ4n) is 0. The van der Waals surface area contributed by atoms with Crippen LogP contribution in [-0.2, 0) is 10.0 Å². The Labute approximate surface area is 132 Å². The van der Waals surface area contributed by atoms with Gasteiger partial charge in [-0.05, 0) is 0 Å². The minimum Gasteiger partial charge on any atom is -2.00 e. The summed E-state index contributed by atoms with van der Waals surface area (Å²) in [5, 5.41) is 0. The van der Waals surface area contributed by atoms with E-state index in [0.717, 1.165) is 0 Å². The Balaban J connectivity index is -0.0000000267. The Kier molecular flexibility index (Phi) is 29.1. The van der Waals surface area contributed by atoms with Crippen molar-refractivity contribution in [1.82, 2.24) is 0 Å². The molecule has 0 heterocycles. The maximum absolute atomic E-state index is 8.88. The molecule has 0 unspecified atom stereocenters. The molecule has 0 spiro atoms. The molecule has 3 N–H and O–H groups in total. The Morgan fingerprint density at radius 1 is 1.00 bits per heavy atom. The van der Waals surface area contributed by atoms with E-state index in [4.69, 9.17) is 19.2 Å². The van der Waals surface area contributed by atoms with E-state index in [2.05, 4.69) is 0 Å². The first-order chi connectivity index (χ1) is 2.00. The average molecular weight is 192 g/mol. The van der Waals surface area contributed by atoms with Crippen LogP contribution in [0.3, 0.4) is 0 Å². The molecule has 0 aromatic heterocycles. The van der Waals surface area contributed by atoms with Crippen molar-refractivity contribution in [2.75, 3.05) is 0 Å². The zero-order valence-corrected chi connectivity index (χ0v) is 11.7. The van der Waals surface area contributed by atoms with Gasteiger partial charge in [-0.2, -0.15) is 0 Å². The molecule has 0 aromatic rings. The van der Waals surface area contributed by atoms with Crippen molar-refractivity contribution in [3.8, 4) is 0 Å². The summed E-state index contributed by atoms with van der Waals surface area (Å²) in [4.78, 5) is 21.6. The summed E-state index contributed by atoms with van der Waals surface area (Å²) in [7, 11) is -4.64. The van der Waals surface area contributed by atoms with E-state index >= 15 is 0 Å². The molecule has 0 saturated heterocycles. The smallest absolute Gasteiger partial charge is 1.00 e. The number of hydrogen-bond acceptors (Lipinski definition) is 1. The van der Waals surface area contributed by atoms with Gasteiger partial charge in [-0.15, -0.1) is 0 Å². The third-order valence-corrected chi connectivity index (χ3v) is 0. The van der Waals surface area contributed by atoms with Crippen LogP contribution >= 0.6 is 7.82 Å². The minimum atomic E-state index is -4.64. The first-order valence-electron chi connectivity index (χ1n) is 0.783. The Morgan fingerprint density at radius 3 is 1.00 bits per heavy atom. The van der Waals surface area contributed by atoms with Crippen molar-refractivity contribution in [2.24, 2.45) is 0 Å². The molecule has 0 bridgehead atoms. The third kappa shape index (κ3) is 58.2. The van der Waals surface area contributed by atoms with Crippen LogP contribution in [0, 0.1) is 0 Å². The predicted molar refractivity (Wildman–Crippen MR) is 14.9 cm³/mol. The predicted octanol–water partition coefficient (Wildman–Crippen LogP) is -7.04. The molecule has 0 atom stereocenters. The topological polar surface area (TPSA) is 106 Å². The molecule has 8 heavy (non-hydrogen) atoms. The molecule has 0 rings (SSSR count). The van der Waals surface area contributed by atoms with Crippen molar-refractivity contribution in [2.45, 2.75) is 0 Å². The maximum Gasteiger partial charge on any atom is 1.00 e. The van der Waals surface area contributed by atoms with Crippen molar-refractivity contribution in [3.05, 3.63) is 0 Å². The van der Waals surface area contributed by atoms with Crippen LogP contribution in [0.4, 0.5) is 0 Å². The van der Waals surface area contributed by atoms with Gasteiger partial charge in [-0.1, -0.05) is 0 Å². The molecule has 0 aliphatic heterocycles. The molecule has 0 saturated carbocycles. The number of phosphoric acid groups is 1. The summed E-state index contributed by atoms with van der Waals surface area (Å²) in [6, 6.07) is 0. The fourth-order valence-corrected chi connectivity index (χ4v) is 0. The van der Waals surface area contributed by atoms with Gasteiger partial charge >= 0.3 is 111 Å². The van der Waals surface area contributed by atoms with Gasteiger partial charge < -0.3 is 20.2 Å². The van der Waals surface area contributed by atoms with E-state index < -0.39 is 7.82 Å². The van der Waals surface area contributed by atoms with Crippen molar-refractivity contribution >= 4 is 7.82 Å². The van der Waals surface area contributed by atoms with Gasteiger partial charge in [-0.3, -0.25) is 0 Å². The summed E-state index contributed by atoms with van der Waals surface area (Å²) in [5.74, 6) is 0. The van der Waals surface area contributed by atoms with E-state index in [9.17, 15) is 0 Å². The molecular weight excluding hydrogens is 189 g/mol. The van der Waals surface area contributed by atoms with Gasteiger partial charge in [0, 0.05) is 0 Å². The van der Waals surface area contributed by atoms with Gasteiger partial charge in [-0.25, -0.2) is 4.57 Å². The Hall–Kier alpha value is 3.34. The summed E-state index contributed by atoms with van der Waals surface area (Å²) in [6.45, 7) is 0. The van der Waals surface area contributed by atoms with Crippen LogP contribution in [-0.4, -0.2) is 14.7 Å². The van der Waals surface area contributed by atoms with Crippen molar-refractivity contribution in [1.29, 1.82) is 0 Å². The Morgan fingerprint density at radius 2 is 1.00 bits per heavy atom. The second kappa shape index (κ2) is 10.3. The molecular formula is H3K2O5P. The summed E-state index contributed by atoms with van der Waals surface area (Å²) >= 11 is 0. The molecule has 40 valence electrons. The standard InChI is InChI=1S/2K.H3O4P.O/c;;1-5(2,3)4;/h;;(H3,1,2,3,4);/q2*+1;;-2. The van der Waals surface area contributed by atoms with Crippen LogP contribution in [0.1, 0.15) is 0 Å². The molecule has 0 amide bonds. The van der Waals surface area contributed by atoms with E-state index in [0.29, 0.717) is 0 Å². The average Bonchev–Trinajstić information content (AvgIpc) is 0.722. The van der Waals surface area contributed by atoms with Gasteiger partial charge in [0.2, 0.25) is 0 Å². The van der Waals surface area contributed by atoms with Gasteiger partial charge in [0.25, 0.3) is 0 Å². The zero-order valence-electron chi connectivity index (χ0n) is 4.61. The molecule has 0 aliphatic carbocycles. The van der Waals surface area contributed by atoms with Crippen molar-refractivity contribution < 1.29 is 127 Å². The molecule has 0 aromatic carbocycles. The normalized spacial score (nSPS) is 7.38. The van der Waals surface area contributed by atoms with Gasteiger partial charge in [0.15, 0.2) is 0 Å². The monoisotopic (exact) mass is 192 g/mol. The molecule has 0 fully saturated rings. The maximum atomic E-state index is 8.88. The van der Waals surface area contributed by atoms with E-state index in [-0.39, 0.29) is 108 Å². The van der Waals surface area contributed by atoms with E-state index in [1.54, 1.807) is 0 Å². The first-order valence-corrected chi connectivity index (χ1v) is 2.35. The number of rotatable bonds is 0. The first kappa shape index (κ1) is 22.5. The summed E-state index contributed by atoms with van der Waals surface area (Å²) < 4.78 is 8.88.